The van der Waals surface area contributed by atoms with E-state index in [-0.39, 0.29) is 5.41 Å². The van der Waals surface area contributed by atoms with E-state index >= 15 is 0 Å². The molecular weight excluding hydrogens is 228 g/mol. The van der Waals surface area contributed by atoms with Crippen molar-refractivity contribution in [1.82, 2.24) is 10.3 Å². The Morgan fingerprint density at radius 2 is 2.29 bits per heavy atom. The molecule has 1 aromatic heterocycles. The zero-order valence-corrected chi connectivity index (χ0v) is 10.8. The van der Waals surface area contributed by atoms with Crippen molar-refractivity contribution < 1.29 is 0 Å². The third-order valence-electron chi connectivity index (χ3n) is 3.56. The van der Waals surface area contributed by atoms with Crippen molar-refractivity contribution in [3.05, 3.63) is 52.0 Å². The fraction of sp³-hybridized carbons (Fsp3) is 0.357. The maximum Gasteiger partial charge on any atom is 0.0794 e. The molecule has 88 valence electrons. The van der Waals surface area contributed by atoms with Crippen molar-refractivity contribution in [2.45, 2.75) is 18.8 Å². The van der Waals surface area contributed by atoms with Crippen molar-refractivity contribution in [1.29, 1.82) is 0 Å². The summed E-state index contributed by atoms with van der Waals surface area (Å²) in [7, 11) is 0. The van der Waals surface area contributed by atoms with Crippen LogP contribution in [0.2, 0.25) is 0 Å². The summed E-state index contributed by atoms with van der Waals surface area (Å²) in [4.78, 5) is 4.42. The summed E-state index contributed by atoms with van der Waals surface area (Å²) in [6.07, 6.45) is 1.05. The second kappa shape index (κ2) is 4.24. The van der Waals surface area contributed by atoms with Gasteiger partial charge in [-0.05, 0) is 12.5 Å². The number of hydrogen-bond donors (Lipinski definition) is 1. The summed E-state index contributed by atoms with van der Waals surface area (Å²) >= 11 is 1.68. The number of nitrogens with one attached hydrogen (secondary N) is 1. The summed E-state index contributed by atoms with van der Waals surface area (Å²) in [6, 6.07) is 8.88. The Morgan fingerprint density at radius 3 is 2.88 bits per heavy atom. The number of benzene rings is 1. The molecular formula is C14H16N2S. The lowest BCUT2D eigenvalue weighted by atomic mass is 9.72. The molecule has 1 N–H and O–H groups in total. The summed E-state index contributed by atoms with van der Waals surface area (Å²) in [5, 5.41) is 5.57. The second-order valence-electron chi connectivity index (χ2n) is 4.91. The van der Waals surface area contributed by atoms with E-state index in [1.54, 1.807) is 11.3 Å². The average Bonchev–Trinajstić information content (AvgIpc) is 2.76. The van der Waals surface area contributed by atoms with Gasteiger partial charge in [-0.15, -0.1) is 11.3 Å². The van der Waals surface area contributed by atoms with E-state index in [4.69, 9.17) is 0 Å². The van der Waals surface area contributed by atoms with Gasteiger partial charge in [0, 0.05) is 30.3 Å². The molecule has 1 saturated heterocycles. The highest BCUT2D eigenvalue weighted by atomic mass is 32.1. The highest BCUT2D eigenvalue weighted by Crippen LogP contribution is 2.32. The molecule has 0 atom stereocenters. The van der Waals surface area contributed by atoms with Gasteiger partial charge in [-0.25, -0.2) is 4.98 Å². The van der Waals surface area contributed by atoms with E-state index in [0.29, 0.717) is 0 Å². The molecule has 3 rings (SSSR count). The number of hydrogen-bond acceptors (Lipinski definition) is 3. The van der Waals surface area contributed by atoms with E-state index in [0.717, 1.165) is 19.5 Å². The van der Waals surface area contributed by atoms with Crippen LogP contribution >= 0.6 is 11.3 Å². The standard InChI is InChI=1S/C14H16N2S/c1-11-3-2-4-12(5-11)14(8-15-9-14)6-13-7-17-10-16-13/h2-5,7,10,15H,6,8-9H2,1H3. The number of aromatic nitrogens is 1. The van der Waals surface area contributed by atoms with Crippen LogP contribution in [-0.4, -0.2) is 18.1 Å². The zero-order chi connectivity index (χ0) is 11.7. The van der Waals surface area contributed by atoms with Gasteiger partial charge in [-0.3, -0.25) is 0 Å². The monoisotopic (exact) mass is 244 g/mol. The van der Waals surface area contributed by atoms with E-state index in [1.165, 1.54) is 16.8 Å². The van der Waals surface area contributed by atoms with Crippen molar-refractivity contribution in [2.75, 3.05) is 13.1 Å². The lowest BCUT2D eigenvalue weighted by Crippen LogP contribution is -2.58. The molecule has 1 aliphatic rings. The van der Waals surface area contributed by atoms with Crippen LogP contribution in [0.5, 0.6) is 0 Å². The summed E-state index contributed by atoms with van der Waals surface area (Å²) in [5.74, 6) is 0. The van der Waals surface area contributed by atoms with Crippen LogP contribution in [0.25, 0.3) is 0 Å². The molecule has 2 nitrogen and oxygen atoms in total. The SMILES string of the molecule is Cc1cccc(C2(Cc3cscn3)CNC2)c1. The highest BCUT2D eigenvalue weighted by molar-refractivity contribution is 7.07. The van der Waals surface area contributed by atoms with E-state index in [1.807, 2.05) is 5.51 Å². The third kappa shape index (κ3) is 2.01. The van der Waals surface area contributed by atoms with Crippen LogP contribution in [0.3, 0.4) is 0 Å². The Balaban J connectivity index is 1.92. The van der Waals surface area contributed by atoms with Crippen molar-refractivity contribution in [3.63, 3.8) is 0 Å². The highest BCUT2D eigenvalue weighted by Gasteiger charge is 2.39. The van der Waals surface area contributed by atoms with Crippen LogP contribution in [0.15, 0.2) is 35.2 Å². The average molecular weight is 244 g/mol. The first-order valence-electron chi connectivity index (χ1n) is 5.93. The fourth-order valence-corrected chi connectivity index (χ4v) is 3.06. The minimum atomic E-state index is 0.264. The smallest absolute Gasteiger partial charge is 0.0794 e. The molecule has 0 unspecified atom stereocenters. The molecule has 3 heteroatoms. The molecule has 0 radical (unpaired) electrons. The quantitative estimate of drug-likeness (QED) is 0.897. The Labute approximate surface area is 106 Å². The summed E-state index contributed by atoms with van der Waals surface area (Å²) < 4.78 is 0. The molecule has 2 aromatic rings. The molecule has 1 aliphatic heterocycles. The molecule has 0 saturated carbocycles. The molecule has 17 heavy (non-hydrogen) atoms. The van der Waals surface area contributed by atoms with Crippen molar-refractivity contribution >= 4 is 11.3 Å². The lowest BCUT2D eigenvalue weighted by Gasteiger charge is -2.43. The number of aryl methyl sites for hydroxylation is 1. The Kier molecular flexibility index (Phi) is 2.73. The topological polar surface area (TPSA) is 24.9 Å². The Morgan fingerprint density at radius 1 is 1.41 bits per heavy atom. The largest absolute Gasteiger partial charge is 0.315 e. The predicted octanol–water partition coefficient (Wildman–Crippen LogP) is 2.54. The van der Waals surface area contributed by atoms with Crippen LogP contribution in [0.1, 0.15) is 16.8 Å². The Bertz CT molecular complexity index is 501. The van der Waals surface area contributed by atoms with Gasteiger partial charge in [0.05, 0.1) is 11.2 Å². The van der Waals surface area contributed by atoms with Crippen LogP contribution in [0, 0.1) is 6.92 Å². The maximum absolute atomic E-state index is 4.42. The number of thiazole rings is 1. The van der Waals surface area contributed by atoms with Crippen LogP contribution in [0.4, 0.5) is 0 Å². The Hall–Kier alpha value is -1.19. The minimum absolute atomic E-state index is 0.264. The molecule has 0 aliphatic carbocycles. The van der Waals surface area contributed by atoms with Gasteiger partial charge in [0.25, 0.3) is 0 Å². The predicted molar refractivity (Wildman–Crippen MR) is 71.5 cm³/mol. The normalized spacial score (nSPS) is 17.7. The van der Waals surface area contributed by atoms with Gasteiger partial charge in [0.2, 0.25) is 0 Å². The second-order valence-corrected chi connectivity index (χ2v) is 5.63. The number of nitrogens with zero attached hydrogens (tertiary/aromatic N) is 1. The molecule has 1 aromatic carbocycles. The minimum Gasteiger partial charge on any atom is -0.315 e. The first kappa shape index (κ1) is 10.9. The lowest BCUT2D eigenvalue weighted by molar-refractivity contribution is 0.273. The summed E-state index contributed by atoms with van der Waals surface area (Å²) in [6.45, 7) is 4.29. The van der Waals surface area contributed by atoms with E-state index < -0.39 is 0 Å². The van der Waals surface area contributed by atoms with E-state index in [2.05, 4.69) is 46.9 Å². The first-order chi connectivity index (χ1) is 8.28. The van der Waals surface area contributed by atoms with Gasteiger partial charge >= 0.3 is 0 Å². The molecule has 1 fully saturated rings. The summed E-state index contributed by atoms with van der Waals surface area (Å²) in [5.41, 5.74) is 6.19. The van der Waals surface area contributed by atoms with E-state index in [9.17, 15) is 0 Å². The molecule has 0 bridgehead atoms. The van der Waals surface area contributed by atoms with Gasteiger partial charge in [0.15, 0.2) is 0 Å². The molecule has 0 spiro atoms. The molecule has 0 amide bonds. The van der Waals surface area contributed by atoms with Crippen LogP contribution < -0.4 is 5.32 Å². The number of rotatable bonds is 3. The first-order valence-corrected chi connectivity index (χ1v) is 6.88. The van der Waals surface area contributed by atoms with Gasteiger partial charge < -0.3 is 5.32 Å². The van der Waals surface area contributed by atoms with Gasteiger partial charge in [-0.1, -0.05) is 29.8 Å². The van der Waals surface area contributed by atoms with Crippen molar-refractivity contribution in [2.24, 2.45) is 0 Å². The van der Waals surface area contributed by atoms with Gasteiger partial charge in [0.1, 0.15) is 0 Å². The molecule has 2 heterocycles. The fourth-order valence-electron chi connectivity index (χ4n) is 2.50. The third-order valence-corrected chi connectivity index (χ3v) is 4.20. The van der Waals surface area contributed by atoms with Gasteiger partial charge in [-0.2, -0.15) is 0 Å². The zero-order valence-electron chi connectivity index (χ0n) is 9.94. The van der Waals surface area contributed by atoms with Crippen LogP contribution in [-0.2, 0) is 11.8 Å². The van der Waals surface area contributed by atoms with Crippen molar-refractivity contribution in [3.8, 4) is 0 Å². The maximum atomic E-state index is 4.42.